The van der Waals surface area contributed by atoms with Crippen molar-refractivity contribution in [3.63, 3.8) is 0 Å². The molecule has 2 fully saturated rings. The molecule has 0 amide bonds. The summed E-state index contributed by atoms with van der Waals surface area (Å²) in [4.78, 5) is 0. The SMILES string of the molecule is CCCC1CCCN(S(=O)(=O)CCCCNC2CC2)CC1. The van der Waals surface area contributed by atoms with Crippen LogP contribution in [0, 0.1) is 5.92 Å². The standard InChI is InChI=1S/C16H32N2O2S/c1-2-6-15-7-5-12-18(13-10-15)21(19,20)14-4-3-11-17-16-8-9-16/h15-17H,2-14H2,1H3. The van der Waals surface area contributed by atoms with E-state index in [-0.39, 0.29) is 0 Å². The summed E-state index contributed by atoms with van der Waals surface area (Å²) in [6.45, 7) is 4.67. The molecule has 5 heteroatoms. The Labute approximate surface area is 130 Å². The molecule has 1 aliphatic carbocycles. The second-order valence-electron chi connectivity index (χ2n) is 6.74. The lowest BCUT2D eigenvalue weighted by molar-refractivity contribution is 0.399. The second kappa shape index (κ2) is 8.49. The number of sulfonamides is 1. The second-order valence-corrected chi connectivity index (χ2v) is 8.82. The Balaban J connectivity index is 1.67. The van der Waals surface area contributed by atoms with Crippen LogP contribution in [0.5, 0.6) is 0 Å². The lowest BCUT2D eigenvalue weighted by Gasteiger charge is -2.20. The minimum absolute atomic E-state index is 0.331. The van der Waals surface area contributed by atoms with Gasteiger partial charge in [0.05, 0.1) is 5.75 Å². The molecule has 124 valence electrons. The molecular weight excluding hydrogens is 284 g/mol. The van der Waals surface area contributed by atoms with Gasteiger partial charge in [-0.1, -0.05) is 19.8 Å². The van der Waals surface area contributed by atoms with E-state index in [2.05, 4.69) is 12.2 Å². The molecule has 0 aromatic heterocycles. The van der Waals surface area contributed by atoms with E-state index in [4.69, 9.17) is 0 Å². The predicted molar refractivity (Wildman–Crippen MR) is 87.9 cm³/mol. The van der Waals surface area contributed by atoms with Crippen LogP contribution >= 0.6 is 0 Å². The van der Waals surface area contributed by atoms with Crippen molar-refractivity contribution in [2.24, 2.45) is 5.92 Å². The minimum Gasteiger partial charge on any atom is -0.314 e. The molecule has 1 N–H and O–H groups in total. The molecule has 1 unspecified atom stereocenters. The van der Waals surface area contributed by atoms with E-state index < -0.39 is 10.0 Å². The van der Waals surface area contributed by atoms with Crippen LogP contribution < -0.4 is 5.32 Å². The third kappa shape index (κ3) is 6.25. The first kappa shape index (κ1) is 17.2. The highest BCUT2D eigenvalue weighted by Crippen LogP contribution is 2.23. The van der Waals surface area contributed by atoms with Crippen molar-refractivity contribution >= 4 is 10.0 Å². The summed E-state index contributed by atoms with van der Waals surface area (Å²) >= 11 is 0. The molecule has 0 radical (unpaired) electrons. The van der Waals surface area contributed by atoms with E-state index in [1.165, 1.54) is 32.1 Å². The maximum atomic E-state index is 12.4. The fourth-order valence-corrected chi connectivity index (χ4v) is 4.86. The fourth-order valence-electron chi connectivity index (χ4n) is 3.25. The van der Waals surface area contributed by atoms with Crippen LogP contribution in [0.25, 0.3) is 0 Å². The summed E-state index contributed by atoms with van der Waals surface area (Å²) in [6.07, 6.45) is 10.1. The first-order valence-electron chi connectivity index (χ1n) is 8.83. The smallest absolute Gasteiger partial charge is 0.214 e. The number of hydrogen-bond acceptors (Lipinski definition) is 3. The minimum atomic E-state index is -3.02. The van der Waals surface area contributed by atoms with Crippen LogP contribution in [0.15, 0.2) is 0 Å². The zero-order valence-electron chi connectivity index (χ0n) is 13.5. The normalized spacial score (nSPS) is 24.9. The molecule has 1 saturated carbocycles. The van der Waals surface area contributed by atoms with E-state index in [1.54, 1.807) is 4.31 Å². The number of unbranched alkanes of at least 4 members (excludes halogenated alkanes) is 1. The van der Waals surface area contributed by atoms with Gasteiger partial charge in [-0.05, 0) is 57.4 Å². The summed E-state index contributed by atoms with van der Waals surface area (Å²) in [5.74, 6) is 1.07. The van der Waals surface area contributed by atoms with Crippen molar-refractivity contribution in [2.75, 3.05) is 25.4 Å². The number of rotatable bonds is 9. The Morgan fingerprint density at radius 1 is 1.10 bits per heavy atom. The first-order chi connectivity index (χ1) is 10.1. The largest absolute Gasteiger partial charge is 0.314 e. The third-order valence-electron chi connectivity index (χ3n) is 4.74. The average molecular weight is 317 g/mol. The van der Waals surface area contributed by atoms with Crippen LogP contribution in [0.1, 0.15) is 64.7 Å². The Hall–Kier alpha value is -0.130. The number of nitrogens with one attached hydrogen (secondary N) is 1. The molecule has 0 bridgehead atoms. The molecule has 0 aromatic carbocycles. The summed E-state index contributed by atoms with van der Waals surface area (Å²) in [5, 5.41) is 3.44. The lowest BCUT2D eigenvalue weighted by Crippen LogP contribution is -2.34. The van der Waals surface area contributed by atoms with Crippen molar-refractivity contribution in [2.45, 2.75) is 70.8 Å². The third-order valence-corrected chi connectivity index (χ3v) is 6.69. The van der Waals surface area contributed by atoms with Gasteiger partial charge in [0.15, 0.2) is 0 Å². The number of hydrogen-bond donors (Lipinski definition) is 1. The molecule has 1 saturated heterocycles. The van der Waals surface area contributed by atoms with Crippen molar-refractivity contribution in [1.29, 1.82) is 0 Å². The van der Waals surface area contributed by atoms with Gasteiger partial charge in [0.25, 0.3) is 0 Å². The Morgan fingerprint density at radius 2 is 1.90 bits per heavy atom. The van der Waals surface area contributed by atoms with Crippen LogP contribution in [0.3, 0.4) is 0 Å². The number of nitrogens with zero attached hydrogens (tertiary/aromatic N) is 1. The average Bonchev–Trinajstić information content (AvgIpc) is 3.25. The molecular formula is C16H32N2O2S. The highest BCUT2D eigenvalue weighted by atomic mass is 32.2. The maximum absolute atomic E-state index is 12.4. The lowest BCUT2D eigenvalue weighted by atomic mass is 9.96. The van der Waals surface area contributed by atoms with Gasteiger partial charge < -0.3 is 5.32 Å². The molecule has 1 atom stereocenters. The maximum Gasteiger partial charge on any atom is 0.214 e. The highest BCUT2D eigenvalue weighted by molar-refractivity contribution is 7.89. The summed E-state index contributed by atoms with van der Waals surface area (Å²) in [5.41, 5.74) is 0. The van der Waals surface area contributed by atoms with E-state index >= 15 is 0 Å². The Morgan fingerprint density at radius 3 is 2.62 bits per heavy atom. The van der Waals surface area contributed by atoms with Crippen molar-refractivity contribution < 1.29 is 8.42 Å². The van der Waals surface area contributed by atoms with Crippen molar-refractivity contribution in [3.05, 3.63) is 0 Å². The summed E-state index contributed by atoms with van der Waals surface area (Å²) in [6, 6.07) is 0.725. The van der Waals surface area contributed by atoms with Gasteiger partial charge in [0, 0.05) is 19.1 Å². The summed E-state index contributed by atoms with van der Waals surface area (Å²) < 4.78 is 26.6. The fraction of sp³-hybridized carbons (Fsp3) is 1.00. The van der Waals surface area contributed by atoms with Crippen LogP contribution in [-0.2, 0) is 10.0 Å². The molecule has 0 aromatic rings. The van der Waals surface area contributed by atoms with E-state index in [0.29, 0.717) is 5.75 Å². The molecule has 2 rings (SSSR count). The van der Waals surface area contributed by atoms with E-state index in [9.17, 15) is 8.42 Å². The highest BCUT2D eigenvalue weighted by Gasteiger charge is 2.25. The Kier molecular flexibility index (Phi) is 6.96. The van der Waals surface area contributed by atoms with E-state index in [1.807, 2.05) is 0 Å². The van der Waals surface area contributed by atoms with Gasteiger partial charge >= 0.3 is 0 Å². The Bertz CT molecular complexity index is 393. The quantitative estimate of drug-likeness (QED) is 0.665. The zero-order valence-corrected chi connectivity index (χ0v) is 14.3. The topological polar surface area (TPSA) is 49.4 Å². The van der Waals surface area contributed by atoms with Crippen LogP contribution in [0.2, 0.25) is 0 Å². The molecule has 2 aliphatic rings. The molecule has 4 nitrogen and oxygen atoms in total. The molecule has 1 aliphatic heterocycles. The van der Waals surface area contributed by atoms with Crippen LogP contribution in [0.4, 0.5) is 0 Å². The van der Waals surface area contributed by atoms with Crippen molar-refractivity contribution in [3.8, 4) is 0 Å². The van der Waals surface area contributed by atoms with Gasteiger partial charge in [-0.25, -0.2) is 12.7 Å². The van der Waals surface area contributed by atoms with Crippen molar-refractivity contribution in [1.82, 2.24) is 9.62 Å². The van der Waals surface area contributed by atoms with Crippen LogP contribution in [-0.4, -0.2) is 44.2 Å². The molecule has 21 heavy (non-hydrogen) atoms. The molecule has 0 spiro atoms. The van der Waals surface area contributed by atoms with Gasteiger partial charge in [-0.3, -0.25) is 0 Å². The van der Waals surface area contributed by atoms with Gasteiger partial charge in [0.2, 0.25) is 10.0 Å². The predicted octanol–water partition coefficient (Wildman–Crippen LogP) is 2.75. The first-order valence-corrected chi connectivity index (χ1v) is 10.4. The monoisotopic (exact) mass is 316 g/mol. The van der Waals surface area contributed by atoms with Gasteiger partial charge in [-0.15, -0.1) is 0 Å². The van der Waals surface area contributed by atoms with E-state index in [0.717, 1.165) is 57.3 Å². The summed E-state index contributed by atoms with van der Waals surface area (Å²) in [7, 11) is -3.02. The van der Waals surface area contributed by atoms with Gasteiger partial charge in [-0.2, -0.15) is 0 Å². The zero-order chi connectivity index (χ0) is 15.1. The van der Waals surface area contributed by atoms with Gasteiger partial charge in [0.1, 0.15) is 0 Å². The molecule has 1 heterocycles.